The molecular formula is C53H101NO5. The summed E-state index contributed by atoms with van der Waals surface area (Å²) in [7, 11) is 0. The third-order valence-electron chi connectivity index (χ3n) is 12.0. The number of carbonyl (C=O) groups excluding carboxylic acids is 2. The summed E-state index contributed by atoms with van der Waals surface area (Å²) in [6, 6.07) is -0.560. The number of esters is 1. The highest BCUT2D eigenvalue weighted by atomic mass is 16.5. The van der Waals surface area contributed by atoms with Gasteiger partial charge in [0, 0.05) is 12.8 Å². The lowest BCUT2D eigenvalue weighted by molar-refractivity contribution is -0.143. The van der Waals surface area contributed by atoms with Crippen molar-refractivity contribution in [3.63, 3.8) is 0 Å². The summed E-state index contributed by atoms with van der Waals surface area (Å²) >= 11 is 0. The molecule has 0 aromatic carbocycles. The molecule has 6 heteroatoms. The number of nitrogens with one attached hydrogen (secondary N) is 1. The number of unbranched alkanes of at least 4 members (excludes halogenated alkanes) is 33. The topological polar surface area (TPSA) is 95.9 Å². The number of allylic oxidation sites excluding steroid dienone is 4. The summed E-state index contributed by atoms with van der Waals surface area (Å²) in [6.45, 7) is 4.86. The van der Waals surface area contributed by atoms with E-state index in [4.69, 9.17) is 4.74 Å². The minimum Gasteiger partial charge on any atom is -0.466 e. The zero-order valence-corrected chi connectivity index (χ0v) is 39.5. The predicted molar refractivity (Wildman–Crippen MR) is 255 cm³/mol. The lowest BCUT2D eigenvalue weighted by atomic mass is 10.0. The van der Waals surface area contributed by atoms with Crippen molar-refractivity contribution in [2.24, 2.45) is 0 Å². The molecule has 0 radical (unpaired) electrons. The number of amides is 1. The van der Waals surface area contributed by atoms with Gasteiger partial charge in [0.1, 0.15) is 0 Å². The molecule has 0 bridgehead atoms. The SMILES string of the molecule is CCCC/C=C\CCCCCCCC(=O)OCCCCC/C=C\CCCCCCCC(=O)NC(CO)C(O)CCCCCCCCCCCCCCCCCCCCC. The second kappa shape index (κ2) is 49.0. The monoisotopic (exact) mass is 832 g/mol. The smallest absolute Gasteiger partial charge is 0.305 e. The molecule has 0 aromatic heterocycles. The number of aliphatic hydroxyl groups excluding tert-OH is 2. The van der Waals surface area contributed by atoms with Gasteiger partial charge in [-0.2, -0.15) is 0 Å². The molecule has 59 heavy (non-hydrogen) atoms. The van der Waals surface area contributed by atoms with E-state index in [2.05, 4.69) is 43.5 Å². The molecule has 2 atom stereocenters. The van der Waals surface area contributed by atoms with Gasteiger partial charge in [-0.25, -0.2) is 0 Å². The molecule has 3 N–H and O–H groups in total. The maximum absolute atomic E-state index is 12.5. The highest BCUT2D eigenvalue weighted by Gasteiger charge is 2.20. The standard InChI is InChI=1S/C53H101NO5/c1-3-5-7-9-11-13-15-16-17-18-19-20-21-22-26-29-33-37-41-45-51(56)50(49-55)54-52(57)46-42-38-34-30-27-23-24-28-32-36-40-44-48-59-53(58)47-43-39-35-31-25-14-12-10-8-6-4-2/h10,12,24,28,50-51,55-56H,3-9,11,13-23,25-27,29-49H2,1-2H3,(H,54,57)/b12-10-,28-24-. The van der Waals surface area contributed by atoms with Gasteiger partial charge < -0.3 is 20.3 Å². The normalized spacial score (nSPS) is 12.8. The zero-order chi connectivity index (χ0) is 43.0. The Morgan fingerprint density at radius 2 is 0.814 bits per heavy atom. The Labute approximate surface area is 367 Å². The first kappa shape index (κ1) is 57.3. The van der Waals surface area contributed by atoms with Crippen molar-refractivity contribution < 1.29 is 24.5 Å². The van der Waals surface area contributed by atoms with E-state index in [0.717, 1.165) is 77.0 Å². The average Bonchev–Trinajstić information content (AvgIpc) is 3.24. The van der Waals surface area contributed by atoms with Crippen LogP contribution in [-0.4, -0.2) is 47.4 Å². The molecule has 0 saturated heterocycles. The van der Waals surface area contributed by atoms with Crippen LogP contribution in [0.3, 0.4) is 0 Å². The van der Waals surface area contributed by atoms with Gasteiger partial charge in [-0.05, 0) is 77.0 Å². The second-order valence-electron chi connectivity index (χ2n) is 17.8. The second-order valence-corrected chi connectivity index (χ2v) is 17.8. The number of hydrogen-bond acceptors (Lipinski definition) is 5. The molecule has 0 fully saturated rings. The Balaban J connectivity index is 3.52. The van der Waals surface area contributed by atoms with Gasteiger partial charge in [0.2, 0.25) is 5.91 Å². The Morgan fingerprint density at radius 1 is 0.458 bits per heavy atom. The largest absolute Gasteiger partial charge is 0.466 e. The maximum atomic E-state index is 12.5. The molecule has 0 saturated carbocycles. The van der Waals surface area contributed by atoms with Crippen molar-refractivity contribution in [3.8, 4) is 0 Å². The summed E-state index contributed by atoms with van der Waals surface area (Å²) in [6.07, 6.45) is 57.2. The molecule has 6 nitrogen and oxygen atoms in total. The molecule has 348 valence electrons. The Hall–Kier alpha value is -1.66. The van der Waals surface area contributed by atoms with E-state index in [9.17, 15) is 19.8 Å². The number of hydrogen-bond donors (Lipinski definition) is 3. The van der Waals surface area contributed by atoms with E-state index in [0.29, 0.717) is 25.9 Å². The average molecular weight is 832 g/mol. The molecule has 0 aliphatic heterocycles. The van der Waals surface area contributed by atoms with Crippen molar-refractivity contribution in [1.29, 1.82) is 0 Å². The third kappa shape index (κ3) is 45.7. The van der Waals surface area contributed by atoms with E-state index >= 15 is 0 Å². The van der Waals surface area contributed by atoms with E-state index < -0.39 is 12.1 Å². The van der Waals surface area contributed by atoms with E-state index in [1.54, 1.807) is 0 Å². The highest BCUT2D eigenvalue weighted by molar-refractivity contribution is 5.76. The molecule has 0 aliphatic rings. The molecule has 0 rings (SSSR count). The van der Waals surface area contributed by atoms with Crippen molar-refractivity contribution in [3.05, 3.63) is 24.3 Å². The van der Waals surface area contributed by atoms with Crippen LogP contribution in [0.1, 0.15) is 277 Å². The van der Waals surface area contributed by atoms with Gasteiger partial charge in [-0.1, -0.05) is 212 Å². The lowest BCUT2D eigenvalue weighted by Gasteiger charge is -2.22. The number of ether oxygens (including phenoxy) is 1. The molecule has 0 heterocycles. The summed E-state index contributed by atoms with van der Waals surface area (Å²) in [5.74, 6) is -0.0936. The van der Waals surface area contributed by atoms with Crippen LogP contribution in [0.4, 0.5) is 0 Å². The summed E-state index contributed by atoms with van der Waals surface area (Å²) in [4.78, 5) is 24.4. The summed E-state index contributed by atoms with van der Waals surface area (Å²) < 4.78 is 5.42. The van der Waals surface area contributed by atoms with Gasteiger partial charge in [-0.15, -0.1) is 0 Å². The van der Waals surface area contributed by atoms with Crippen LogP contribution in [0.15, 0.2) is 24.3 Å². The fourth-order valence-corrected chi connectivity index (χ4v) is 7.91. The van der Waals surface area contributed by atoms with Crippen molar-refractivity contribution in [2.75, 3.05) is 13.2 Å². The molecule has 2 unspecified atom stereocenters. The zero-order valence-electron chi connectivity index (χ0n) is 39.5. The summed E-state index contributed by atoms with van der Waals surface area (Å²) in [5, 5.41) is 23.3. The first-order valence-corrected chi connectivity index (χ1v) is 26.1. The number of rotatable bonds is 48. The first-order valence-electron chi connectivity index (χ1n) is 26.1. The Kier molecular flexibility index (Phi) is 47.6. The van der Waals surface area contributed by atoms with Gasteiger partial charge in [0.05, 0.1) is 25.4 Å². The molecule has 1 amide bonds. The predicted octanol–water partition coefficient (Wildman–Crippen LogP) is 15.5. The van der Waals surface area contributed by atoms with Gasteiger partial charge in [-0.3, -0.25) is 9.59 Å². The number of carbonyl (C=O) groups is 2. The van der Waals surface area contributed by atoms with Gasteiger partial charge in [0.15, 0.2) is 0 Å². The lowest BCUT2D eigenvalue weighted by Crippen LogP contribution is -2.45. The Bertz CT molecular complexity index is 920. The van der Waals surface area contributed by atoms with Crippen LogP contribution < -0.4 is 5.32 Å². The van der Waals surface area contributed by atoms with Crippen LogP contribution in [-0.2, 0) is 14.3 Å². The van der Waals surface area contributed by atoms with Crippen LogP contribution in [0.5, 0.6) is 0 Å². The van der Waals surface area contributed by atoms with Crippen LogP contribution in [0.2, 0.25) is 0 Å². The van der Waals surface area contributed by atoms with Crippen molar-refractivity contribution >= 4 is 11.9 Å². The number of aliphatic hydroxyl groups is 2. The third-order valence-corrected chi connectivity index (χ3v) is 12.0. The van der Waals surface area contributed by atoms with Crippen LogP contribution in [0, 0.1) is 0 Å². The molecule has 0 spiro atoms. The van der Waals surface area contributed by atoms with E-state index in [-0.39, 0.29) is 18.5 Å². The van der Waals surface area contributed by atoms with Gasteiger partial charge >= 0.3 is 5.97 Å². The maximum Gasteiger partial charge on any atom is 0.305 e. The quantitative estimate of drug-likeness (QED) is 0.0322. The molecular weight excluding hydrogens is 731 g/mol. The first-order chi connectivity index (χ1) is 29.0. The van der Waals surface area contributed by atoms with Crippen molar-refractivity contribution in [2.45, 2.75) is 289 Å². The van der Waals surface area contributed by atoms with E-state index in [1.807, 2.05) is 0 Å². The van der Waals surface area contributed by atoms with Crippen molar-refractivity contribution in [1.82, 2.24) is 5.32 Å². The van der Waals surface area contributed by atoms with Crippen LogP contribution >= 0.6 is 0 Å². The Morgan fingerprint density at radius 3 is 1.25 bits per heavy atom. The fourth-order valence-electron chi connectivity index (χ4n) is 7.91. The minimum absolute atomic E-state index is 0.0337. The van der Waals surface area contributed by atoms with Crippen LogP contribution in [0.25, 0.3) is 0 Å². The highest BCUT2D eigenvalue weighted by Crippen LogP contribution is 2.16. The molecule has 0 aromatic rings. The van der Waals surface area contributed by atoms with Gasteiger partial charge in [0.25, 0.3) is 0 Å². The minimum atomic E-state index is -0.681. The molecule has 0 aliphatic carbocycles. The summed E-state index contributed by atoms with van der Waals surface area (Å²) in [5.41, 5.74) is 0. The fraction of sp³-hybridized carbons (Fsp3) is 0.887. The van der Waals surface area contributed by atoms with E-state index in [1.165, 1.54) is 167 Å².